The normalized spacial score (nSPS) is 15.0. The predicted molar refractivity (Wildman–Crippen MR) is 214 cm³/mol. The van der Waals surface area contributed by atoms with E-state index in [1.54, 1.807) is 68.4 Å². The van der Waals surface area contributed by atoms with E-state index in [4.69, 9.17) is 10.5 Å². The third-order valence-corrected chi connectivity index (χ3v) is 10.2. The zero-order chi connectivity index (χ0) is 40.9. The van der Waals surface area contributed by atoms with Crippen LogP contribution in [0.1, 0.15) is 64.2 Å². The van der Waals surface area contributed by atoms with Crippen LogP contribution in [0.15, 0.2) is 97.1 Å². The van der Waals surface area contributed by atoms with Crippen molar-refractivity contribution in [2.24, 2.45) is 5.73 Å². The number of nitrogens with one attached hydrogen (secondary N) is 3. The molecule has 0 bridgehead atoms. The van der Waals surface area contributed by atoms with Crippen molar-refractivity contribution < 1.29 is 38.9 Å². The number of nitrogens with two attached hydrogens (primary N) is 1. The lowest BCUT2D eigenvalue weighted by Crippen LogP contribution is -2.60. The van der Waals surface area contributed by atoms with Crippen molar-refractivity contribution in [2.75, 3.05) is 13.1 Å². The van der Waals surface area contributed by atoms with Gasteiger partial charge in [-0.05, 0) is 97.0 Å². The van der Waals surface area contributed by atoms with E-state index in [2.05, 4.69) is 16.0 Å². The fraction of sp³-hybridized carbons (Fsp3) is 0.341. The predicted octanol–water partition coefficient (Wildman–Crippen LogP) is 4.40. The number of fused-ring (bicyclic) bond motifs is 1. The Bertz CT molecular complexity index is 2000. The van der Waals surface area contributed by atoms with E-state index in [1.807, 2.05) is 42.5 Å². The van der Waals surface area contributed by atoms with Gasteiger partial charge in [-0.3, -0.25) is 19.3 Å². The molecule has 0 aromatic heterocycles. The number of amides is 4. The number of imide groups is 1. The number of nitrogens with zero attached hydrogens (tertiary/aromatic N) is 1. The summed E-state index contributed by atoms with van der Waals surface area (Å²) in [6.45, 7) is 4.29. The van der Waals surface area contributed by atoms with Crippen molar-refractivity contribution in [1.29, 1.82) is 0 Å². The zero-order valence-electron chi connectivity index (χ0n) is 32.3. The van der Waals surface area contributed by atoms with Crippen molar-refractivity contribution in [2.45, 2.75) is 83.1 Å². The number of ether oxygens (including phenoxy) is 1. The minimum Gasteiger partial charge on any atom is -0.508 e. The molecule has 5 rings (SSSR count). The number of carboxylic acid groups (broad SMARTS) is 1. The van der Waals surface area contributed by atoms with Crippen LogP contribution in [0.3, 0.4) is 0 Å². The van der Waals surface area contributed by atoms with Gasteiger partial charge >= 0.3 is 12.1 Å². The number of aliphatic carboxylic acids is 1. The lowest BCUT2D eigenvalue weighted by atomic mass is 9.92. The quantitative estimate of drug-likeness (QED) is 0.0836. The average molecular weight is 778 g/mol. The van der Waals surface area contributed by atoms with Gasteiger partial charge in [-0.1, -0.05) is 84.9 Å². The Hall–Kier alpha value is -6.05. The van der Waals surface area contributed by atoms with Crippen molar-refractivity contribution in [1.82, 2.24) is 20.9 Å². The second-order valence-corrected chi connectivity index (χ2v) is 14.3. The van der Waals surface area contributed by atoms with Crippen molar-refractivity contribution in [3.05, 3.63) is 136 Å². The van der Waals surface area contributed by atoms with E-state index >= 15 is 0 Å². The molecule has 1 aliphatic heterocycles. The van der Waals surface area contributed by atoms with Gasteiger partial charge in [0.1, 0.15) is 30.5 Å². The van der Waals surface area contributed by atoms with Crippen molar-refractivity contribution >= 4 is 29.8 Å². The first-order valence-corrected chi connectivity index (χ1v) is 19.2. The van der Waals surface area contributed by atoms with Gasteiger partial charge in [0.25, 0.3) is 11.8 Å². The fourth-order valence-electron chi connectivity index (χ4n) is 7.17. The third-order valence-electron chi connectivity index (χ3n) is 10.2. The van der Waals surface area contributed by atoms with Crippen molar-refractivity contribution in [3.8, 4) is 5.75 Å². The summed E-state index contributed by atoms with van der Waals surface area (Å²) in [5, 5.41) is 29.3. The Kier molecular flexibility index (Phi) is 14.9. The third kappa shape index (κ3) is 11.5. The molecule has 1 heterocycles. The number of aryl methyl sites for hydroxylation is 2. The maximum atomic E-state index is 14.9. The van der Waals surface area contributed by atoms with Gasteiger partial charge in [-0.15, -0.1) is 0 Å². The summed E-state index contributed by atoms with van der Waals surface area (Å²) in [6.07, 6.45) is 0.515. The first-order chi connectivity index (χ1) is 27.4. The van der Waals surface area contributed by atoms with Crippen LogP contribution in [0.2, 0.25) is 0 Å². The number of alkyl carbamates (subject to hydrolysis) is 1. The molecule has 7 N–H and O–H groups in total. The molecule has 13 nitrogen and oxygen atoms in total. The second kappa shape index (κ2) is 20.2. The van der Waals surface area contributed by atoms with Gasteiger partial charge in [-0.2, -0.15) is 0 Å². The number of carbonyl (C=O) groups excluding carboxylic acids is 4. The lowest BCUT2D eigenvalue weighted by Gasteiger charge is -2.36. The lowest BCUT2D eigenvalue weighted by molar-refractivity contribution is -0.160. The van der Waals surface area contributed by atoms with Crippen LogP contribution in [0.25, 0.3) is 0 Å². The molecule has 13 heteroatoms. The van der Waals surface area contributed by atoms with Crippen LogP contribution >= 0.6 is 0 Å². The standard InChI is InChI=1S/C44H51N5O8/c1-28-23-33(50)24-29(2)35(28)26-36(45)40(51)48-37(25-30-13-5-3-6-14-30)41(52)49(42(53)39-34-18-10-9-17-32(34)20-22-46-39)38(43(54)55)19-11-12-21-47-44(56)57-27-31-15-7-4-8-16-31/h3-10,13-18,23-24,36-39,46,50H,11-12,19-22,25-27,45H2,1-2H3,(H,47,56)(H,48,51)(H,54,55)/t36-,37-,38-,39?/m0/s1. The average Bonchev–Trinajstić information content (AvgIpc) is 3.20. The Morgan fingerprint density at radius 3 is 2.18 bits per heavy atom. The molecule has 0 fully saturated rings. The van der Waals surface area contributed by atoms with E-state index in [-0.39, 0.29) is 44.6 Å². The van der Waals surface area contributed by atoms with Gasteiger partial charge in [-0.25, -0.2) is 9.59 Å². The fourth-order valence-corrected chi connectivity index (χ4v) is 7.17. The summed E-state index contributed by atoms with van der Waals surface area (Å²) in [5.41, 5.74) is 11.7. The van der Waals surface area contributed by atoms with E-state index in [9.17, 15) is 34.2 Å². The summed E-state index contributed by atoms with van der Waals surface area (Å²) in [7, 11) is 0. The van der Waals surface area contributed by atoms with E-state index in [1.165, 1.54) is 0 Å². The topological polar surface area (TPSA) is 200 Å². The number of phenols is 1. The number of carboxylic acids is 1. The van der Waals surface area contributed by atoms with Gasteiger partial charge in [0, 0.05) is 19.5 Å². The number of carbonyl (C=O) groups is 5. The molecule has 1 aliphatic rings. The van der Waals surface area contributed by atoms with Crippen LogP contribution in [0.4, 0.5) is 4.79 Å². The van der Waals surface area contributed by atoms with Gasteiger partial charge in [0.2, 0.25) is 5.91 Å². The smallest absolute Gasteiger partial charge is 0.407 e. The number of rotatable bonds is 17. The summed E-state index contributed by atoms with van der Waals surface area (Å²) in [4.78, 5) is 69.6. The SMILES string of the molecule is Cc1cc(O)cc(C)c1C[C@H](N)C(=O)N[C@@H](Cc1ccccc1)C(=O)N(C(=O)C1NCCc2ccccc21)[C@@H](CCCCNC(=O)OCc1ccccc1)C(=O)O. The number of hydrogen-bond donors (Lipinski definition) is 6. The molecule has 0 saturated heterocycles. The van der Waals surface area contributed by atoms with E-state index in [0.717, 1.165) is 32.7 Å². The highest BCUT2D eigenvalue weighted by Gasteiger charge is 2.42. The summed E-state index contributed by atoms with van der Waals surface area (Å²) in [6, 6.07) is 23.5. The van der Waals surface area contributed by atoms with Gasteiger partial charge < -0.3 is 36.6 Å². The Morgan fingerprint density at radius 1 is 0.877 bits per heavy atom. The minimum atomic E-state index is -1.60. The molecule has 4 aromatic carbocycles. The summed E-state index contributed by atoms with van der Waals surface area (Å²) < 4.78 is 5.26. The highest BCUT2D eigenvalue weighted by atomic mass is 16.5. The van der Waals surface area contributed by atoms with Crippen LogP contribution in [0.5, 0.6) is 5.75 Å². The van der Waals surface area contributed by atoms with Crippen LogP contribution in [-0.4, -0.2) is 76.1 Å². The minimum absolute atomic E-state index is 0.0464. The van der Waals surface area contributed by atoms with Crippen LogP contribution in [0, 0.1) is 13.8 Å². The molecule has 0 radical (unpaired) electrons. The zero-order valence-corrected chi connectivity index (χ0v) is 32.3. The van der Waals surface area contributed by atoms with E-state index in [0.29, 0.717) is 30.5 Å². The van der Waals surface area contributed by atoms with E-state index < -0.39 is 54.0 Å². The maximum Gasteiger partial charge on any atom is 0.407 e. The number of phenolic OH excluding ortho intramolecular Hbond substituents is 1. The number of benzene rings is 4. The number of hydrogen-bond acceptors (Lipinski definition) is 9. The molecular formula is C44H51N5O8. The molecule has 0 saturated carbocycles. The Labute approximate surface area is 332 Å². The maximum absolute atomic E-state index is 14.9. The highest BCUT2D eigenvalue weighted by Crippen LogP contribution is 2.27. The Balaban J connectivity index is 1.38. The molecule has 1 unspecified atom stereocenters. The van der Waals surface area contributed by atoms with Crippen LogP contribution < -0.4 is 21.7 Å². The highest BCUT2D eigenvalue weighted by molar-refractivity contribution is 6.05. The molecular weight excluding hydrogens is 727 g/mol. The molecule has 57 heavy (non-hydrogen) atoms. The van der Waals surface area contributed by atoms with Crippen molar-refractivity contribution in [3.63, 3.8) is 0 Å². The molecule has 4 aromatic rings. The molecule has 300 valence electrons. The molecule has 0 spiro atoms. The first kappa shape index (κ1) is 42.1. The molecule has 4 atom stereocenters. The number of aromatic hydroxyl groups is 1. The largest absolute Gasteiger partial charge is 0.508 e. The van der Waals surface area contributed by atoms with Gasteiger partial charge in [0.15, 0.2) is 0 Å². The number of unbranched alkanes of at least 4 members (excludes halogenated alkanes) is 1. The molecule has 0 aliphatic carbocycles. The summed E-state index contributed by atoms with van der Waals surface area (Å²) >= 11 is 0. The summed E-state index contributed by atoms with van der Waals surface area (Å²) in [5.74, 6) is -3.61. The first-order valence-electron chi connectivity index (χ1n) is 19.2. The Morgan fingerprint density at radius 2 is 1.51 bits per heavy atom. The van der Waals surface area contributed by atoms with Crippen LogP contribution in [-0.2, 0) is 49.8 Å². The van der Waals surface area contributed by atoms with Gasteiger partial charge in [0.05, 0.1) is 6.04 Å². The second-order valence-electron chi connectivity index (χ2n) is 14.3. The monoisotopic (exact) mass is 777 g/mol. The molecule has 4 amide bonds.